The Kier molecular flexibility index (Phi) is 6.10. The third-order valence-electron chi connectivity index (χ3n) is 7.16. The lowest BCUT2D eigenvalue weighted by atomic mass is 9.96. The highest BCUT2D eigenvalue weighted by molar-refractivity contribution is 5.94. The van der Waals surface area contributed by atoms with Crippen molar-refractivity contribution in [2.45, 2.75) is 82.1 Å². The minimum absolute atomic E-state index is 0.0539. The van der Waals surface area contributed by atoms with Crippen LogP contribution in [0.3, 0.4) is 0 Å². The second kappa shape index (κ2) is 9.21. The van der Waals surface area contributed by atoms with E-state index in [1.807, 2.05) is 12.1 Å². The average Bonchev–Trinajstić information content (AvgIpc) is 3.62. The summed E-state index contributed by atoms with van der Waals surface area (Å²) >= 11 is 0. The molecule has 1 aromatic carbocycles. The van der Waals surface area contributed by atoms with Crippen LogP contribution in [0.15, 0.2) is 42.6 Å². The van der Waals surface area contributed by atoms with Crippen LogP contribution in [0.2, 0.25) is 0 Å². The number of rotatable bonds is 7. The fourth-order valence-electron chi connectivity index (χ4n) is 5.14. The number of anilines is 1. The normalized spacial score (nSPS) is 23.3. The van der Waals surface area contributed by atoms with E-state index in [4.69, 9.17) is 10.00 Å². The zero-order valence-electron chi connectivity index (χ0n) is 20.2. The lowest BCUT2D eigenvalue weighted by Gasteiger charge is -2.40. The Hall–Kier alpha value is -3.60. The minimum Gasteiger partial charge on any atom is -0.478 e. The van der Waals surface area contributed by atoms with Gasteiger partial charge in [-0.1, -0.05) is 0 Å². The van der Waals surface area contributed by atoms with Crippen molar-refractivity contribution < 1.29 is 14.3 Å². The summed E-state index contributed by atoms with van der Waals surface area (Å²) in [5.41, 5.74) is 0.107. The summed E-state index contributed by atoms with van der Waals surface area (Å²) in [5.74, 6) is 1.25. The molecule has 2 aliphatic heterocycles. The van der Waals surface area contributed by atoms with Crippen LogP contribution in [0.25, 0.3) is 0 Å². The van der Waals surface area contributed by atoms with E-state index in [2.05, 4.69) is 26.6 Å². The van der Waals surface area contributed by atoms with Crippen LogP contribution in [0.4, 0.5) is 5.82 Å². The molecule has 8 heteroatoms. The highest BCUT2D eigenvalue weighted by Crippen LogP contribution is 2.38. The summed E-state index contributed by atoms with van der Waals surface area (Å²) in [6, 6.07) is 13.7. The third-order valence-corrected chi connectivity index (χ3v) is 7.16. The molecule has 3 aliphatic rings. The predicted octanol–water partition coefficient (Wildman–Crippen LogP) is 3.32. The van der Waals surface area contributed by atoms with Gasteiger partial charge < -0.3 is 20.3 Å². The van der Waals surface area contributed by atoms with Crippen molar-refractivity contribution in [1.29, 1.82) is 5.26 Å². The molecule has 2 atom stereocenters. The zero-order valence-corrected chi connectivity index (χ0v) is 20.2. The number of pyridine rings is 1. The maximum absolute atomic E-state index is 13.1. The number of ether oxygens (including phenoxy) is 1. The topological polar surface area (TPSA) is 107 Å². The van der Waals surface area contributed by atoms with Crippen molar-refractivity contribution in [3.63, 3.8) is 0 Å². The molecule has 2 bridgehead atoms. The molecule has 8 nitrogen and oxygen atoms in total. The van der Waals surface area contributed by atoms with Crippen LogP contribution in [0.1, 0.15) is 68.3 Å². The number of piperidine rings is 1. The van der Waals surface area contributed by atoms with Crippen molar-refractivity contribution in [1.82, 2.24) is 15.6 Å². The van der Waals surface area contributed by atoms with E-state index in [9.17, 15) is 9.59 Å². The Balaban J connectivity index is 1.18. The van der Waals surface area contributed by atoms with E-state index in [1.54, 1.807) is 44.3 Å². The second-order valence-corrected chi connectivity index (χ2v) is 10.3. The largest absolute Gasteiger partial charge is 0.478 e. The van der Waals surface area contributed by atoms with Crippen molar-refractivity contribution in [3.8, 4) is 11.8 Å². The smallest absolute Gasteiger partial charge is 0.263 e. The van der Waals surface area contributed by atoms with Crippen LogP contribution in [-0.4, -0.2) is 46.6 Å². The Morgan fingerprint density at radius 2 is 1.69 bits per heavy atom. The van der Waals surface area contributed by atoms with Gasteiger partial charge in [0.2, 0.25) is 0 Å². The first-order valence-electron chi connectivity index (χ1n) is 12.4. The van der Waals surface area contributed by atoms with Gasteiger partial charge >= 0.3 is 0 Å². The van der Waals surface area contributed by atoms with Gasteiger partial charge in [-0.05, 0) is 88.8 Å². The molecule has 2 saturated heterocycles. The molecule has 182 valence electrons. The average molecular weight is 474 g/mol. The van der Waals surface area contributed by atoms with Gasteiger partial charge in [0.1, 0.15) is 11.6 Å². The Morgan fingerprint density at radius 1 is 1.00 bits per heavy atom. The van der Waals surface area contributed by atoms with Gasteiger partial charge in [0, 0.05) is 30.4 Å². The van der Waals surface area contributed by atoms with Crippen LogP contribution in [-0.2, 0) is 4.79 Å². The number of carbonyl (C=O) groups is 2. The van der Waals surface area contributed by atoms with Crippen LogP contribution in [0.5, 0.6) is 5.75 Å². The third kappa shape index (κ3) is 5.09. The molecule has 1 aliphatic carbocycles. The van der Waals surface area contributed by atoms with E-state index >= 15 is 0 Å². The molecule has 1 aromatic heterocycles. The number of hydrogen-bond donors (Lipinski definition) is 2. The first-order valence-corrected chi connectivity index (χ1v) is 12.4. The Labute approximate surface area is 205 Å². The molecule has 2 aromatic rings. The van der Waals surface area contributed by atoms with Crippen molar-refractivity contribution in [2.75, 3.05) is 4.90 Å². The molecule has 3 fully saturated rings. The fraction of sp³-hybridized carbons (Fsp3) is 0.481. The highest BCUT2D eigenvalue weighted by Gasteiger charge is 2.43. The SMILES string of the molecule is CC(C)(Oc1ccc(C#N)cc1)C(=O)NC1CC2CCC(C1)N2c1ccc(C(=O)NC2CC2)cn1. The van der Waals surface area contributed by atoms with Gasteiger partial charge in [-0.2, -0.15) is 5.26 Å². The van der Waals surface area contributed by atoms with Crippen molar-refractivity contribution in [3.05, 3.63) is 53.7 Å². The summed E-state index contributed by atoms with van der Waals surface area (Å²) < 4.78 is 5.95. The number of nitrogens with one attached hydrogen (secondary N) is 2. The molecule has 0 radical (unpaired) electrons. The van der Waals surface area contributed by atoms with Crippen LogP contribution >= 0.6 is 0 Å². The second-order valence-electron chi connectivity index (χ2n) is 10.3. The van der Waals surface area contributed by atoms with Crippen LogP contribution < -0.4 is 20.3 Å². The highest BCUT2D eigenvalue weighted by atomic mass is 16.5. The maximum atomic E-state index is 13.1. The molecule has 35 heavy (non-hydrogen) atoms. The number of aromatic nitrogens is 1. The van der Waals surface area contributed by atoms with Crippen molar-refractivity contribution in [2.24, 2.45) is 0 Å². The molecule has 2 N–H and O–H groups in total. The molecule has 1 saturated carbocycles. The Bertz CT molecular complexity index is 1120. The fourth-order valence-corrected chi connectivity index (χ4v) is 5.14. The molecular weight excluding hydrogens is 442 g/mol. The standard InChI is InChI=1S/C27H31N5O3/c1-27(2,35-23-10-3-17(15-28)4-11-23)26(34)31-20-13-21-8-9-22(14-20)32(21)24-12-5-18(16-29-24)25(33)30-19-6-7-19/h3-5,10-12,16,19-22H,6-9,13-14H2,1-2H3,(H,30,33)(H,31,34). The molecule has 0 spiro atoms. The Morgan fingerprint density at radius 3 is 2.26 bits per heavy atom. The van der Waals surface area contributed by atoms with E-state index in [1.165, 1.54) is 0 Å². The van der Waals surface area contributed by atoms with Gasteiger partial charge in [-0.15, -0.1) is 0 Å². The number of hydrogen-bond acceptors (Lipinski definition) is 6. The molecule has 2 amide bonds. The minimum atomic E-state index is -1.04. The van der Waals surface area contributed by atoms with Gasteiger partial charge in [-0.3, -0.25) is 9.59 Å². The summed E-state index contributed by atoms with van der Waals surface area (Å²) in [7, 11) is 0. The number of nitrogens with zero attached hydrogens (tertiary/aromatic N) is 3. The number of nitriles is 1. The van der Waals surface area contributed by atoms with Gasteiger partial charge in [0.15, 0.2) is 5.60 Å². The van der Waals surface area contributed by atoms with E-state index in [0.717, 1.165) is 44.3 Å². The maximum Gasteiger partial charge on any atom is 0.263 e. The first kappa shape index (κ1) is 23.2. The summed E-state index contributed by atoms with van der Waals surface area (Å²) in [6.07, 6.45) is 7.61. The van der Waals surface area contributed by atoms with Gasteiger partial charge in [0.05, 0.1) is 17.2 Å². The van der Waals surface area contributed by atoms with Gasteiger partial charge in [-0.25, -0.2) is 4.98 Å². The number of carbonyl (C=O) groups excluding carboxylic acids is 2. The number of fused-ring (bicyclic) bond motifs is 2. The molecular formula is C27H31N5O3. The predicted molar refractivity (Wildman–Crippen MR) is 131 cm³/mol. The van der Waals surface area contributed by atoms with Crippen molar-refractivity contribution >= 4 is 17.6 Å². The van der Waals surface area contributed by atoms with E-state index < -0.39 is 5.60 Å². The number of amides is 2. The quantitative estimate of drug-likeness (QED) is 0.639. The zero-order chi connectivity index (χ0) is 24.6. The lowest BCUT2D eigenvalue weighted by Crippen LogP contribution is -2.55. The van der Waals surface area contributed by atoms with Crippen LogP contribution in [0, 0.1) is 11.3 Å². The molecule has 2 unspecified atom stereocenters. The number of benzene rings is 1. The van der Waals surface area contributed by atoms with Gasteiger partial charge in [0.25, 0.3) is 11.8 Å². The first-order chi connectivity index (χ1) is 16.8. The molecule has 5 rings (SSSR count). The summed E-state index contributed by atoms with van der Waals surface area (Å²) in [6.45, 7) is 3.52. The summed E-state index contributed by atoms with van der Waals surface area (Å²) in [5, 5.41) is 15.2. The summed E-state index contributed by atoms with van der Waals surface area (Å²) in [4.78, 5) is 32.3. The monoisotopic (exact) mass is 473 g/mol. The van der Waals surface area contributed by atoms with E-state index in [0.29, 0.717) is 35.0 Å². The lowest BCUT2D eigenvalue weighted by molar-refractivity contribution is -0.135. The van der Waals surface area contributed by atoms with E-state index in [-0.39, 0.29) is 17.9 Å². The molecule has 3 heterocycles.